The normalized spacial score (nSPS) is 11.1. The zero-order valence-electron chi connectivity index (χ0n) is 7.23. The molecule has 0 fully saturated rings. The summed E-state index contributed by atoms with van der Waals surface area (Å²) >= 11 is 1.78. The average Bonchev–Trinajstić information content (AvgIpc) is 2.62. The van der Waals surface area contributed by atoms with Gasteiger partial charge in [-0.3, -0.25) is 0 Å². The third-order valence-electron chi connectivity index (χ3n) is 1.94. The van der Waals surface area contributed by atoms with Gasteiger partial charge in [0.15, 0.2) is 0 Å². The van der Waals surface area contributed by atoms with Crippen molar-refractivity contribution in [2.45, 2.75) is 0 Å². The van der Waals surface area contributed by atoms with E-state index in [9.17, 15) is 0 Å². The van der Waals surface area contributed by atoms with E-state index >= 15 is 0 Å². The van der Waals surface area contributed by atoms with Gasteiger partial charge in [-0.05, 0) is 28.5 Å². The van der Waals surface area contributed by atoms with Crippen molar-refractivity contribution < 1.29 is 0 Å². The number of thiophene rings is 1. The summed E-state index contributed by atoms with van der Waals surface area (Å²) in [5, 5.41) is 3.45. The van der Waals surface area contributed by atoms with E-state index in [0.717, 1.165) is 0 Å². The van der Waals surface area contributed by atoms with Gasteiger partial charge in [0.25, 0.3) is 0 Å². The molecule has 0 nitrogen and oxygen atoms in total. The smallest absolute Gasteiger partial charge is 0.0348 e. The molecule has 1 aromatic carbocycles. The van der Waals surface area contributed by atoms with E-state index in [4.69, 9.17) is 0 Å². The Labute approximate surface area is 81.8 Å². The van der Waals surface area contributed by atoms with Gasteiger partial charge in [-0.15, -0.1) is 11.3 Å². The van der Waals surface area contributed by atoms with E-state index in [1.807, 2.05) is 6.08 Å². The Morgan fingerprint density at radius 2 is 2.15 bits per heavy atom. The first-order valence-corrected chi connectivity index (χ1v) is 5.05. The van der Waals surface area contributed by atoms with Crippen LogP contribution < -0.4 is 0 Å². The van der Waals surface area contributed by atoms with Gasteiger partial charge in [0.1, 0.15) is 0 Å². The van der Waals surface area contributed by atoms with Crippen LogP contribution in [-0.4, -0.2) is 0 Å². The fraction of sp³-hybridized carbons (Fsp3) is 0. The summed E-state index contributed by atoms with van der Waals surface area (Å²) in [7, 11) is 0. The molecule has 0 spiro atoms. The minimum Gasteiger partial charge on any atom is -0.144 e. The second kappa shape index (κ2) is 3.58. The molecule has 0 N–H and O–H groups in total. The molecule has 0 atom stereocenters. The van der Waals surface area contributed by atoms with Crippen molar-refractivity contribution in [2.24, 2.45) is 0 Å². The van der Waals surface area contributed by atoms with Gasteiger partial charge in [0.05, 0.1) is 0 Å². The minimum absolute atomic E-state index is 1.26. The van der Waals surface area contributed by atoms with E-state index in [0.29, 0.717) is 0 Å². The number of hydrogen-bond donors (Lipinski definition) is 0. The molecule has 0 aliphatic heterocycles. The number of allylic oxidation sites excluding steroid dienone is 2. The quantitative estimate of drug-likeness (QED) is 0.619. The van der Waals surface area contributed by atoms with E-state index in [1.54, 1.807) is 17.4 Å². The maximum Gasteiger partial charge on any atom is 0.0348 e. The molecule has 0 unspecified atom stereocenters. The highest BCUT2D eigenvalue weighted by Crippen LogP contribution is 2.24. The van der Waals surface area contributed by atoms with Crippen LogP contribution in [0.5, 0.6) is 0 Å². The van der Waals surface area contributed by atoms with Crippen molar-refractivity contribution in [3.05, 3.63) is 53.9 Å². The van der Waals surface area contributed by atoms with Crippen molar-refractivity contribution >= 4 is 27.5 Å². The predicted molar refractivity (Wildman–Crippen MR) is 61.1 cm³/mol. The van der Waals surface area contributed by atoms with Gasteiger partial charge >= 0.3 is 0 Å². The van der Waals surface area contributed by atoms with Crippen LogP contribution in [0.1, 0.15) is 5.56 Å². The number of fused-ring (bicyclic) bond motifs is 1. The van der Waals surface area contributed by atoms with Gasteiger partial charge < -0.3 is 0 Å². The second-order valence-corrected chi connectivity index (χ2v) is 3.72. The third kappa shape index (κ3) is 1.56. The molecule has 1 heterocycles. The topological polar surface area (TPSA) is 0 Å². The minimum atomic E-state index is 1.26. The van der Waals surface area contributed by atoms with Gasteiger partial charge in [0.2, 0.25) is 0 Å². The summed E-state index contributed by atoms with van der Waals surface area (Å²) < 4.78 is 1.34. The fourth-order valence-corrected chi connectivity index (χ4v) is 2.16. The highest BCUT2D eigenvalue weighted by atomic mass is 32.1. The molecule has 1 aromatic heterocycles. The molecule has 64 valence electrons. The molecule has 0 radical (unpaired) electrons. The lowest BCUT2D eigenvalue weighted by Gasteiger charge is -1.94. The van der Waals surface area contributed by atoms with Crippen molar-refractivity contribution in [1.82, 2.24) is 0 Å². The summed E-state index contributed by atoms with van der Waals surface area (Å²) in [6, 6.07) is 8.50. The average molecular weight is 186 g/mol. The number of benzene rings is 1. The maximum absolute atomic E-state index is 3.66. The molecule has 13 heavy (non-hydrogen) atoms. The molecule has 0 bridgehead atoms. The Bertz CT molecular complexity index is 449. The van der Waals surface area contributed by atoms with Crippen LogP contribution in [0.15, 0.2) is 48.4 Å². The third-order valence-corrected chi connectivity index (χ3v) is 2.82. The van der Waals surface area contributed by atoms with Crippen molar-refractivity contribution in [2.75, 3.05) is 0 Å². The summed E-state index contributed by atoms with van der Waals surface area (Å²) in [5.41, 5.74) is 1.26. The van der Waals surface area contributed by atoms with Crippen molar-refractivity contribution in [3.8, 4) is 0 Å². The zero-order valence-corrected chi connectivity index (χ0v) is 8.05. The van der Waals surface area contributed by atoms with Crippen LogP contribution in [-0.2, 0) is 0 Å². The number of rotatable bonds is 2. The SMILES string of the molecule is C=CC=Cc1cccc2sccc12. The standard InChI is InChI=1S/C12H10S/c1-2-3-5-10-6-4-7-12-11(10)8-9-13-12/h2-9H,1H2. The molecule has 0 aliphatic carbocycles. The Morgan fingerprint density at radius 1 is 1.23 bits per heavy atom. The maximum atomic E-state index is 3.66. The second-order valence-electron chi connectivity index (χ2n) is 2.77. The van der Waals surface area contributed by atoms with E-state index in [2.05, 4.69) is 42.3 Å². The first kappa shape index (κ1) is 8.27. The Kier molecular flexibility index (Phi) is 2.28. The van der Waals surface area contributed by atoms with Gasteiger partial charge in [0, 0.05) is 4.70 Å². The first-order valence-electron chi connectivity index (χ1n) is 4.17. The first-order chi connectivity index (χ1) is 6.42. The molecule has 0 aliphatic rings. The van der Waals surface area contributed by atoms with Crippen LogP contribution in [0, 0.1) is 0 Å². The monoisotopic (exact) mass is 186 g/mol. The number of hydrogen-bond acceptors (Lipinski definition) is 1. The molecule has 1 heteroatoms. The van der Waals surface area contributed by atoms with Crippen molar-refractivity contribution in [1.29, 1.82) is 0 Å². The van der Waals surface area contributed by atoms with Crippen molar-refractivity contribution in [3.63, 3.8) is 0 Å². The Morgan fingerprint density at radius 3 is 3.00 bits per heavy atom. The highest BCUT2D eigenvalue weighted by Gasteiger charge is 1.96. The summed E-state index contributed by atoms with van der Waals surface area (Å²) in [6.07, 6.45) is 5.85. The summed E-state index contributed by atoms with van der Waals surface area (Å²) in [5.74, 6) is 0. The van der Waals surface area contributed by atoms with Crippen LogP contribution in [0.4, 0.5) is 0 Å². The van der Waals surface area contributed by atoms with Crippen LogP contribution in [0.2, 0.25) is 0 Å². The van der Waals surface area contributed by atoms with E-state index in [1.165, 1.54) is 15.6 Å². The van der Waals surface area contributed by atoms with Gasteiger partial charge in [-0.25, -0.2) is 0 Å². The highest BCUT2D eigenvalue weighted by molar-refractivity contribution is 7.17. The largest absolute Gasteiger partial charge is 0.144 e. The van der Waals surface area contributed by atoms with E-state index < -0.39 is 0 Å². The molecule has 2 aromatic rings. The molecule has 0 saturated carbocycles. The van der Waals surface area contributed by atoms with Gasteiger partial charge in [-0.2, -0.15) is 0 Å². The van der Waals surface area contributed by atoms with Crippen LogP contribution in [0.25, 0.3) is 16.2 Å². The molecular weight excluding hydrogens is 176 g/mol. The van der Waals surface area contributed by atoms with Crippen LogP contribution >= 0.6 is 11.3 Å². The fourth-order valence-electron chi connectivity index (χ4n) is 1.33. The van der Waals surface area contributed by atoms with E-state index in [-0.39, 0.29) is 0 Å². The lowest BCUT2D eigenvalue weighted by atomic mass is 10.1. The molecule has 0 amide bonds. The Hall–Kier alpha value is -1.34. The predicted octanol–water partition coefficient (Wildman–Crippen LogP) is 4.10. The molecule has 2 rings (SSSR count). The molecule has 0 saturated heterocycles. The summed E-state index contributed by atoms with van der Waals surface area (Å²) in [6.45, 7) is 3.66. The molecular formula is C12H10S. The zero-order chi connectivity index (χ0) is 9.10. The lowest BCUT2D eigenvalue weighted by molar-refractivity contribution is 1.78. The lowest BCUT2D eigenvalue weighted by Crippen LogP contribution is -1.70. The summed E-state index contributed by atoms with van der Waals surface area (Å²) in [4.78, 5) is 0. The van der Waals surface area contributed by atoms with Crippen LogP contribution in [0.3, 0.4) is 0 Å². The Balaban J connectivity index is 2.60. The van der Waals surface area contributed by atoms with Gasteiger partial charge in [-0.1, -0.05) is 36.9 Å².